The Labute approximate surface area is 109 Å². The highest BCUT2D eigenvalue weighted by Gasteiger charge is 2.19. The van der Waals surface area contributed by atoms with E-state index in [0.717, 1.165) is 18.7 Å². The van der Waals surface area contributed by atoms with Gasteiger partial charge >= 0.3 is 0 Å². The molecule has 1 atom stereocenters. The highest BCUT2D eigenvalue weighted by molar-refractivity contribution is 5.56. The highest BCUT2D eigenvalue weighted by Crippen LogP contribution is 2.25. The predicted octanol–water partition coefficient (Wildman–Crippen LogP) is 4.42. The SMILES string of the molecule is CCCN(CC(C)C(F)F)c1cccc(C)c1C. The average Bonchev–Trinajstić information content (AvgIpc) is 2.32. The first kappa shape index (κ1) is 14.9. The zero-order valence-electron chi connectivity index (χ0n) is 11.7. The van der Waals surface area contributed by atoms with Crippen molar-refractivity contribution in [3.05, 3.63) is 29.3 Å². The standard InChI is InChI=1S/C15H23F2N/c1-5-9-18(10-12(3)15(16)17)14-8-6-7-11(2)13(14)4/h6-8,12,15H,5,9-10H2,1-4H3. The van der Waals surface area contributed by atoms with Gasteiger partial charge in [-0.2, -0.15) is 0 Å². The van der Waals surface area contributed by atoms with Crippen molar-refractivity contribution >= 4 is 5.69 Å². The minimum absolute atomic E-state index is 0.413. The zero-order chi connectivity index (χ0) is 13.7. The lowest BCUT2D eigenvalue weighted by Gasteiger charge is -2.29. The third-order valence-corrected chi connectivity index (χ3v) is 3.35. The summed E-state index contributed by atoms with van der Waals surface area (Å²) >= 11 is 0. The summed E-state index contributed by atoms with van der Waals surface area (Å²) in [6.07, 6.45) is -1.29. The van der Waals surface area contributed by atoms with Gasteiger partial charge in [-0.25, -0.2) is 8.78 Å². The van der Waals surface area contributed by atoms with Crippen LogP contribution in [0.15, 0.2) is 18.2 Å². The molecule has 0 fully saturated rings. The maximum atomic E-state index is 12.7. The molecule has 1 rings (SSSR count). The highest BCUT2D eigenvalue weighted by atomic mass is 19.3. The topological polar surface area (TPSA) is 3.24 Å². The van der Waals surface area contributed by atoms with E-state index in [2.05, 4.69) is 31.7 Å². The van der Waals surface area contributed by atoms with Gasteiger partial charge in [-0.15, -0.1) is 0 Å². The Morgan fingerprint density at radius 2 is 1.89 bits per heavy atom. The lowest BCUT2D eigenvalue weighted by molar-refractivity contribution is 0.0894. The van der Waals surface area contributed by atoms with Gasteiger partial charge in [0.2, 0.25) is 6.43 Å². The second kappa shape index (κ2) is 6.72. The molecule has 0 heterocycles. The molecular formula is C15H23F2N. The molecule has 0 aliphatic heterocycles. The van der Waals surface area contributed by atoms with Crippen LogP contribution in [0, 0.1) is 19.8 Å². The average molecular weight is 255 g/mol. The van der Waals surface area contributed by atoms with Crippen LogP contribution in [0.4, 0.5) is 14.5 Å². The summed E-state index contributed by atoms with van der Waals surface area (Å²) < 4.78 is 25.4. The molecular weight excluding hydrogens is 232 g/mol. The van der Waals surface area contributed by atoms with Gasteiger partial charge in [-0.05, 0) is 37.5 Å². The normalized spacial score (nSPS) is 12.8. The van der Waals surface area contributed by atoms with Gasteiger partial charge in [-0.1, -0.05) is 26.0 Å². The van der Waals surface area contributed by atoms with Crippen LogP contribution in [0.3, 0.4) is 0 Å². The zero-order valence-corrected chi connectivity index (χ0v) is 11.7. The number of benzene rings is 1. The molecule has 0 aliphatic carbocycles. The molecule has 0 saturated heterocycles. The molecule has 0 bridgehead atoms. The number of nitrogens with zero attached hydrogens (tertiary/aromatic N) is 1. The van der Waals surface area contributed by atoms with Crippen molar-refractivity contribution in [1.29, 1.82) is 0 Å². The van der Waals surface area contributed by atoms with Crippen LogP contribution in [0.5, 0.6) is 0 Å². The van der Waals surface area contributed by atoms with E-state index < -0.39 is 12.3 Å². The fraction of sp³-hybridized carbons (Fsp3) is 0.600. The minimum atomic E-state index is -2.26. The van der Waals surface area contributed by atoms with Crippen LogP contribution < -0.4 is 4.90 Å². The van der Waals surface area contributed by atoms with Gasteiger partial charge in [0.1, 0.15) is 0 Å². The Morgan fingerprint density at radius 1 is 1.22 bits per heavy atom. The molecule has 0 N–H and O–H groups in total. The van der Waals surface area contributed by atoms with E-state index in [1.165, 1.54) is 11.1 Å². The monoisotopic (exact) mass is 255 g/mol. The van der Waals surface area contributed by atoms with Crippen LogP contribution in [-0.2, 0) is 0 Å². The van der Waals surface area contributed by atoms with Gasteiger partial charge in [-0.3, -0.25) is 0 Å². The van der Waals surface area contributed by atoms with Crippen molar-refractivity contribution in [2.45, 2.75) is 40.5 Å². The first-order valence-corrected chi connectivity index (χ1v) is 6.56. The summed E-state index contributed by atoms with van der Waals surface area (Å²) in [4.78, 5) is 2.08. The van der Waals surface area contributed by atoms with E-state index in [4.69, 9.17) is 0 Å². The fourth-order valence-electron chi connectivity index (χ4n) is 2.09. The molecule has 102 valence electrons. The van der Waals surface area contributed by atoms with Crippen LogP contribution in [0.25, 0.3) is 0 Å². The maximum absolute atomic E-state index is 12.7. The molecule has 0 aromatic heterocycles. The molecule has 0 amide bonds. The van der Waals surface area contributed by atoms with Crippen molar-refractivity contribution in [3.63, 3.8) is 0 Å². The number of hydrogen-bond acceptors (Lipinski definition) is 1. The molecule has 1 nitrogen and oxygen atoms in total. The third kappa shape index (κ3) is 3.69. The number of halogens is 2. The Morgan fingerprint density at radius 3 is 2.44 bits per heavy atom. The molecule has 0 spiro atoms. The predicted molar refractivity (Wildman–Crippen MR) is 73.6 cm³/mol. The summed E-state index contributed by atoms with van der Waals surface area (Å²) in [5.41, 5.74) is 3.48. The molecule has 1 aromatic carbocycles. The van der Waals surface area contributed by atoms with Crippen LogP contribution in [0.2, 0.25) is 0 Å². The lowest BCUT2D eigenvalue weighted by atomic mass is 10.1. The van der Waals surface area contributed by atoms with Gasteiger partial charge in [0.15, 0.2) is 0 Å². The second-order valence-electron chi connectivity index (χ2n) is 4.98. The maximum Gasteiger partial charge on any atom is 0.242 e. The molecule has 1 aromatic rings. The number of hydrogen-bond donors (Lipinski definition) is 0. The Bertz CT molecular complexity index is 377. The smallest absolute Gasteiger partial charge is 0.242 e. The molecule has 18 heavy (non-hydrogen) atoms. The van der Waals surface area contributed by atoms with E-state index in [-0.39, 0.29) is 0 Å². The Balaban J connectivity index is 2.93. The quantitative estimate of drug-likeness (QED) is 0.727. The second-order valence-corrected chi connectivity index (χ2v) is 4.98. The third-order valence-electron chi connectivity index (χ3n) is 3.35. The lowest BCUT2D eigenvalue weighted by Crippen LogP contribution is -2.32. The van der Waals surface area contributed by atoms with Crippen LogP contribution >= 0.6 is 0 Å². The molecule has 1 unspecified atom stereocenters. The van der Waals surface area contributed by atoms with Crippen molar-refractivity contribution in [2.24, 2.45) is 5.92 Å². The summed E-state index contributed by atoms with van der Waals surface area (Å²) in [6, 6.07) is 6.07. The van der Waals surface area contributed by atoms with E-state index in [9.17, 15) is 8.78 Å². The van der Waals surface area contributed by atoms with Crippen molar-refractivity contribution in [2.75, 3.05) is 18.0 Å². The number of aryl methyl sites for hydroxylation is 1. The van der Waals surface area contributed by atoms with E-state index in [1.54, 1.807) is 6.92 Å². The van der Waals surface area contributed by atoms with E-state index in [0.29, 0.717) is 6.54 Å². The van der Waals surface area contributed by atoms with Gasteiger partial charge in [0.25, 0.3) is 0 Å². The number of anilines is 1. The summed E-state index contributed by atoms with van der Waals surface area (Å²) in [5.74, 6) is -0.600. The largest absolute Gasteiger partial charge is 0.371 e. The molecule has 0 saturated carbocycles. The Hall–Kier alpha value is -1.12. The molecule has 0 aliphatic rings. The Kier molecular flexibility index (Phi) is 5.57. The summed E-state index contributed by atoms with van der Waals surface area (Å²) in [6.45, 7) is 9.03. The van der Waals surface area contributed by atoms with Gasteiger partial charge < -0.3 is 4.90 Å². The van der Waals surface area contributed by atoms with Crippen molar-refractivity contribution in [1.82, 2.24) is 0 Å². The number of rotatable bonds is 6. The first-order chi connectivity index (χ1) is 8.47. The van der Waals surface area contributed by atoms with Crippen LogP contribution in [-0.4, -0.2) is 19.5 Å². The number of alkyl halides is 2. The molecule has 0 radical (unpaired) electrons. The van der Waals surface area contributed by atoms with Gasteiger partial charge in [0, 0.05) is 24.7 Å². The van der Waals surface area contributed by atoms with Crippen LogP contribution in [0.1, 0.15) is 31.4 Å². The van der Waals surface area contributed by atoms with E-state index >= 15 is 0 Å². The summed E-state index contributed by atoms with van der Waals surface area (Å²) in [5, 5.41) is 0. The van der Waals surface area contributed by atoms with E-state index in [1.807, 2.05) is 12.1 Å². The van der Waals surface area contributed by atoms with Crippen molar-refractivity contribution < 1.29 is 8.78 Å². The van der Waals surface area contributed by atoms with Crippen molar-refractivity contribution in [3.8, 4) is 0 Å². The fourth-order valence-corrected chi connectivity index (χ4v) is 2.09. The minimum Gasteiger partial charge on any atom is -0.371 e. The summed E-state index contributed by atoms with van der Waals surface area (Å²) in [7, 11) is 0. The first-order valence-electron chi connectivity index (χ1n) is 6.56. The van der Waals surface area contributed by atoms with Gasteiger partial charge in [0.05, 0.1) is 0 Å². The molecule has 3 heteroatoms.